The number of urea groups is 1. The second-order valence-electron chi connectivity index (χ2n) is 6.85. The van der Waals surface area contributed by atoms with Gasteiger partial charge in [0.15, 0.2) is 0 Å². The van der Waals surface area contributed by atoms with Gasteiger partial charge in [-0.25, -0.2) is 4.79 Å². The molecule has 2 aromatic rings. The van der Waals surface area contributed by atoms with Gasteiger partial charge in [0.2, 0.25) is 0 Å². The molecule has 3 heterocycles. The zero-order valence-corrected chi connectivity index (χ0v) is 15.6. The number of hydrogen-bond acceptors (Lipinski definition) is 3. The Morgan fingerprint density at radius 3 is 2.84 bits per heavy atom. The molecular weight excluding hydrogens is 316 g/mol. The van der Waals surface area contributed by atoms with Gasteiger partial charge < -0.3 is 10.2 Å². The van der Waals surface area contributed by atoms with Gasteiger partial charge in [-0.05, 0) is 33.1 Å². The van der Waals surface area contributed by atoms with E-state index in [0.29, 0.717) is 0 Å². The first-order chi connectivity index (χ1) is 12.0. The molecule has 0 aromatic carbocycles. The molecule has 0 bridgehead atoms. The minimum atomic E-state index is -0.0467. The lowest BCUT2D eigenvalue weighted by atomic mass is 9.99. The van der Waals surface area contributed by atoms with Crippen LogP contribution in [-0.2, 0) is 13.5 Å². The van der Waals surface area contributed by atoms with Crippen LogP contribution in [0.3, 0.4) is 0 Å². The molecule has 7 heteroatoms. The van der Waals surface area contributed by atoms with Crippen LogP contribution in [0.25, 0.3) is 0 Å². The van der Waals surface area contributed by atoms with Crippen LogP contribution in [0, 0.1) is 13.8 Å². The summed E-state index contributed by atoms with van der Waals surface area (Å²) in [5, 5.41) is 14.9. The summed E-state index contributed by atoms with van der Waals surface area (Å²) in [5.41, 5.74) is 4.92. The number of carbonyl (C=O) groups is 1. The van der Waals surface area contributed by atoms with Crippen LogP contribution in [-0.4, -0.2) is 37.5 Å². The van der Waals surface area contributed by atoms with Gasteiger partial charge in [-0.15, -0.1) is 0 Å². The number of likely N-dealkylation sites (tertiary alicyclic amines) is 1. The van der Waals surface area contributed by atoms with Crippen molar-refractivity contribution in [2.75, 3.05) is 11.9 Å². The number of aromatic nitrogens is 4. The highest BCUT2D eigenvalue weighted by atomic mass is 16.2. The number of aromatic amines is 1. The second kappa shape index (κ2) is 7.29. The largest absolute Gasteiger partial charge is 0.322 e. The SMILES string of the molecule is CCc1nn(C)cc1NC(=O)N1CCCCC[C@@H]1c1c(C)n[nH]c1C. The molecule has 3 rings (SSSR count). The van der Waals surface area contributed by atoms with Crippen molar-refractivity contribution in [3.63, 3.8) is 0 Å². The van der Waals surface area contributed by atoms with Crippen molar-refractivity contribution in [2.24, 2.45) is 7.05 Å². The summed E-state index contributed by atoms with van der Waals surface area (Å²) in [6, 6.07) is 0.0256. The zero-order valence-electron chi connectivity index (χ0n) is 15.6. The molecule has 1 aliphatic rings. The first kappa shape index (κ1) is 17.5. The number of H-pyrrole nitrogens is 1. The molecular formula is C18H28N6O. The van der Waals surface area contributed by atoms with E-state index in [1.54, 1.807) is 4.68 Å². The Hall–Kier alpha value is -2.31. The van der Waals surface area contributed by atoms with Crippen LogP contribution >= 0.6 is 0 Å². The van der Waals surface area contributed by atoms with E-state index in [2.05, 4.69) is 20.6 Å². The molecule has 1 atom stereocenters. The minimum absolute atomic E-state index is 0.0467. The third-order valence-electron chi connectivity index (χ3n) is 5.01. The first-order valence-electron chi connectivity index (χ1n) is 9.12. The summed E-state index contributed by atoms with van der Waals surface area (Å²) in [6.07, 6.45) is 6.96. The highest BCUT2D eigenvalue weighted by Crippen LogP contribution is 2.33. The molecule has 1 saturated heterocycles. The Kier molecular flexibility index (Phi) is 5.11. The molecule has 0 spiro atoms. The van der Waals surface area contributed by atoms with Gasteiger partial charge in [-0.3, -0.25) is 9.78 Å². The molecule has 2 aromatic heterocycles. The van der Waals surface area contributed by atoms with Crippen molar-refractivity contribution >= 4 is 11.7 Å². The lowest BCUT2D eigenvalue weighted by Crippen LogP contribution is -2.38. The van der Waals surface area contributed by atoms with E-state index >= 15 is 0 Å². The molecule has 7 nitrogen and oxygen atoms in total. The molecule has 0 aliphatic carbocycles. The molecule has 1 fully saturated rings. The quantitative estimate of drug-likeness (QED) is 0.895. The van der Waals surface area contributed by atoms with Gasteiger partial charge in [0.1, 0.15) is 0 Å². The van der Waals surface area contributed by atoms with E-state index < -0.39 is 0 Å². The number of amides is 2. The second-order valence-corrected chi connectivity index (χ2v) is 6.85. The Morgan fingerprint density at radius 1 is 1.36 bits per heavy atom. The van der Waals surface area contributed by atoms with E-state index in [9.17, 15) is 4.79 Å². The van der Waals surface area contributed by atoms with Gasteiger partial charge in [-0.2, -0.15) is 10.2 Å². The number of hydrogen-bond donors (Lipinski definition) is 2. The molecule has 1 aliphatic heterocycles. The molecule has 136 valence electrons. The van der Waals surface area contributed by atoms with Crippen LogP contribution in [0.15, 0.2) is 6.20 Å². The van der Waals surface area contributed by atoms with E-state index in [0.717, 1.165) is 61.4 Å². The summed E-state index contributed by atoms with van der Waals surface area (Å²) >= 11 is 0. The Bertz CT molecular complexity index is 727. The van der Waals surface area contributed by atoms with Gasteiger partial charge in [0.05, 0.1) is 23.1 Å². The summed E-state index contributed by atoms with van der Waals surface area (Å²) in [4.78, 5) is 15.0. The number of nitrogens with one attached hydrogen (secondary N) is 2. The highest BCUT2D eigenvalue weighted by molar-refractivity contribution is 5.90. The molecule has 0 unspecified atom stereocenters. The number of nitrogens with zero attached hydrogens (tertiary/aromatic N) is 4. The van der Waals surface area contributed by atoms with E-state index in [4.69, 9.17) is 0 Å². The molecule has 0 radical (unpaired) electrons. The third-order valence-corrected chi connectivity index (χ3v) is 5.01. The normalized spacial score (nSPS) is 18.2. The maximum atomic E-state index is 13.1. The summed E-state index contributed by atoms with van der Waals surface area (Å²) in [5.74, 6) is 0. The lowest BCUT2D eigenvalue weighted by Gasteiger charge is -2.30. The number of carbonyl (C=O) groups excluding carboxylic acids is 1. The monoisotopic (exact) mass is 344 g/mol. The summed E-state index contributed by atoms with van der Waals surface area (Å²) < 4.78 is 1.75. The molecule has 0 saturated carbocycles. The topological polar surface area (TPSA) is 78.8 Å². The van der Waals surface area contributed by atoms with Gasteiger partial charge in [0, 0.05) is 31.0 Å². The standard InChI is InChI=1S/C18H28N6O/c1-5-14-15(11-23(4)22-14)19-18(25)24-10-8-6-7-9-16(24)17-12(2)20-21-13(17)3/h11,16H,5-10H2,1-4H3,(H,19,25)(H,20,21)/t16-/m1/s1. The highest BCUT2D eigenvalue weighted by Gasteiger charge is 2.30. The van der Waals surface area contributed by atoms with Crippen molar-refractivity contribution in [3.05, 3.63) is 28.8 Å². The Balaban J connectivity index is 1.87. The van der Waals surface area contributed by atoms with Crippen molar-refractivity contribution in [1.82, 2.24) is 24.9 Å². The first-order valence-corrected chi connectivity index (χ1v) is 9.12. The maximum absolute atomic E-state index is 13.1. The van der Waals surface area contributed by atoms with Gasteiger partial charge in [-0.1, -0.05) is 19.8 Å². The average Bonchev–Trinajstić information content (AvgIpc) is 2.99. The molecule has 2 amide bonds. The smallest absolute Gasteiger partial charge is 0.317 e. The Labute approximate surface area is 148 Å². The Morgan fingerprint density at radius 2 is 2.16 bits per heavy atom. The van der Waals surface area contributed by atoms with Crippen molar-refractivity contribution in [2.45, 2.75) is 58.9 Å². The number of aryl methyl sites for hydroxylation is 4. The minimum Gasteiger partial charge on any atom is -0.317 e. The lowest BCUT2D eigenvalue weighted by molar-refractivity contribution is 0.189. The fourth-order valence-electron chi connectivity index (χ4n) is 3.79. The summed E-state index contributed by atoms with van der Waals surface area (Å²) in [6.45, 7) is 6.86. The fourth-order valence-corrected chi connectivity index (χ4v) is 3.79. The predicted octanol–water partition coefficient (Wildman–Crippen LogP) is 3.47. The van der Waals surface area contributed by atoms with E-state index in [1.165, 1.54) is 5.56 Å². The average molecular weight is 344 g/mol. The van der Waals surface area contributed by atoms with Crippen molar-refractivity contribution < 1.29 is 4.79 Å². The third kappa shape index (κ3) is 3.55. The predicted molar refractivity (Wildman–Crippen MR) is 97.6 cm³/mol. The van der Waals surface area contributed by atoms with Gasteiger partial charge in [0.25, 0.3) is 0 Å². The molecule has 2 N–H and O–H groups in total. The van der Waals surface area contributed by atoms with Crippen LogP contribution in [0.4, 0.5) is 10.5 Å². The van der Waals surface area contributed by atoms with Crippen LogP contribution in [0.2, 0.25) is 0 Å². The zero-order chi connectivity index (χ0) is 18.0. The van der Waals surface area contributed by atoms with Crippen LogP contribution in [0.5, 0.6) is 0 Å². The van der Waals surface area contributed by atoms with Crippen molar-refractivity contribution in [1.29, 1.82) is 0 Å². The number of anilines is 1. The van der Waals surface area contributed by atoms with Crippen LogP contribution in [0.1, 0.15) is 61.3 Å². The maximum Gasteiger partial charge on any atom is 0.322 e. The fraction of sp³-hybridized carbons (Fsp3) is 0.611. The van der Waals surface area contributed by atoms with Gasteiger partial charge >= 0.3 is 6.03 Å². The van der Waals surface area contributed by atoms with E-state index in [1.807, 2.05) is 38.9 Å². The van der Waals surface area contributed by atoms with Crippen LogP contribution < -0.4 is 5.32 Å². The summed E-state index contributed by atoms with van der Waals surface area (Å²) in [7, 11) is 1.88. The number of rotatable bonds is 3. The van der Waals surface area contributed by atoms with E-state index in [-0.39, 0.29) is 12.1 Å². The van der Waals surface area contributed by atoms with Crippen molar-refractivity contribution in [3.8, 4) is 0 Å². The molecule has 25 heavy (non-hydrogen) atoms.